The van der Waals surface area contributed by atoms with Crippen molar-refractivity contribution in [2.75, 3.05) is 0 Å². The monoisotopic (exact) mass is 168 g/mol. The largest absolute Gasteiger partial charge is 0.459 e. The van der Waals surface area contributed by atoms with Gasteiger partial charge in [0.2, 0.25) is 0 Å². The van der Waals surface area contributed by atoms with E-state index in [-0.39, 0.29) is 6.61 Å². The summed E-state index contributed by atoms with van der Waals surface area (Å²) in [6.45, 7) is 1.56. The molecule has 2 N–H and O–H groups in total. The summed E-state index contributed by atoms with van der Waals surface area (Å²) < 4.78 is 5.14. The van der Waals surface area contributed by atoms with Crippen LogP contribution in [0.25, 0.3) is 6.08 Å². The first-order valence-electron chi connectivity index (χ1n) is 3.78. The second-order valence-corrected chi connectivity index (χ2v) is 2.56. The minimum Gasteiger partial charge on any atom is -0.459 e. The van der Waals surface area contributed by atoms with E-state index < -0.39 is 6.10 Å². The first-order valence-corrected chi connectivity index (χ1v) is 3.78. The van der Waals surface area contributed by atoms with E-state index in [4.69, 9.17) is 14.6 Å². The second-order valence-electron chi connectivity index (χ2n) is 2.56. The van der Waals surface area contributed by atoms with Crippen LogP contribution in [0.15, 0.2) is 22.6 Å². The molecule has 3 heteroatoms. The van der Waals surface area contributed by atoms with Gasteiger partial charge in [0.15, 0.2) is 0 Å². The first kappa shape index (κ1) is 9.03. The Morgan fingerprint density at radius 1 is 1.58 bits per heavy atom. The predicted molar refractivity (Wildman–Crippen MR) is 45.3 cm³/mol. The van der Waals surface area contributed by atoms with Crippen molar-refractivity contribution in [1.29, 1.82) is 0 Å². The van der Waals surface area contributed by atoms with Crippen LogP contribution in [0.5, 0.6) is 0 Å². The van der Waals surface area contributed by atoms with E-state index in [0.29, 0.717) is 11.5 Å². The number of aliphatic hydroxyl groups is 2. The van der Waals surface area contributed by atoms with Gasteiger partial charge in [-0.15, -0.1) is 0 Å². The molecule has 1 heterocycles. The van der Waals surface area contributed by atoms with Crippen molar-refractivity contribution in [3.05, 3.63) is 29.7 Å². The Bertz CT molecular complexity index is 260. The van der Waals surface area contributed by atoms with Crippen molar-refractivity contribution in [1.82, 2.24) is 0 Å². The van der Waals surface area contributed by atoms with Crippen LogP contribution in [0, 0.1) is 0 Å². The van der Waals surface area contributed by atoms with Crippen molar-refractivity contribution in [3.8, 4) is 0 Å². The number of hydrogen-bond acceptors (Lipinski definition) is 3. The number of furan rings is 1. The Balaban J connectivity index is 2.63. The van der Waals surface area contributed by atoms with Crippen LogP contribution in [0.3, 0.4) is 0 Å². The van der Waals surface area contributed by atoms with Crippen LogP contribution < -0.4 is 0 Å². The van der Waals surface area contributed by atoms with E-state index in [1.165, 1.54) is 0 Å². The Morgan fingerprint density at radius 3 is 2.83 bits per heavy atom. The maximum Gasteiger partial charge on any atom is 0.130 e. The van der Waals surface area contributed by atoms with Gasteiger partial charge in [-0.25, -0.2) is 0 Å². The zero-order valence-corrected chi connectivity index (χ0v) is 6.90. The SMILES string of the molecule is CC(O)/C=C/c1ccc(CO)o1. The average Bonchev–Trinajstić information content (AvgIpc) is 2.48. The van der Waals surface area contributed by atoms with E-state index in [1.807, 2.05) is 0 Å². The van der Waals surface area contributed by atoms with E-state index in [9.17, 15) is 0 Å². The van der Waals surface area contributed by atoms with Gasteiger partial charge in [0.25, 0.3) is 0 Å². The molecule has 3 nitrogen and oxygen atoms in total. The van der Waals surface area contributed by atoms with Crippen LogP contribution in [-0.2, 0) is 6.61 Å². The fourth-order valence-corrected chi connectivity index (χ4v) is 0.803. The maximum absolute atomic E-state index is 8.90. The van der Waals surface area contributed by atoms with Gasteiger partial charge in [-0.3, -0.25) is 0 Å². The van der Waals surface area contributed by atoms with Gasteiger partial charge >= 0.3 is 0 Å². The lowest BCUT2D eigenvalue weighted by atomic mass is 10.3. The first-order chi connectivity index (χ1) is 5.72. The van der Waals surface area contributed by atoms with Crippen LogP contribution in [-0.4, -0.2) is 16.3 Å². The van der Waals surface area contributed by atoms with E-state index >= 15 is 0 Å². The summed E-state index contributed by atoms with van der Waals surface area (Å²) in [6, 6.07) is 3.44. The molecule has 12 heavy (non-hydrogen) atoms. The number of rotatable bonds is 3. The van der Waals surface area contributed by atoms with Gasteiger partial charge in [0.05, 0.1) is 6.10 Å². The van der Waals surface area contributed by atoms with Crippen molar-refractivity contribution in [2.45, 2.75) is 19.6 Å². The minimum absolute atomic E-state index is 0.0947. The summed E-state index contributed by atoms with van der Waals surface area (Å²) in [5, 5.41) is 17.6. The van der Waals surface area contributed by atoms with Crippen LogP contribution in [0.1, 0.15) is 18.4 Å². The fraction of sp³-hybridized carbons (Fsp3) is 0.333. The standard InChI is InChI=1S/C9H12O3/c1-7(11)2-3-8-4-5-9(6-10)12-8/h2-5,7,10-11H,6H2,1H3/b3-2+. The summed E-state index contributed by atoms with van der Waals surface area (Å²) in [5.41, 5.74) is 0. The van der Waals surface area contributed by atoms with Gasteiger partial charge in [-0.2, -0.15) is 0 Å². The van der Waals surface area contributed by atoms with E-state index in [2.05, 4.69) is 0 Å². The lowest BCUT2D eigenvalue weighted by Gasteiger charge is -1.91. The summed E-state index contributed by atoms with van der Waals surface area (Å²) in [6.07, 6.45) is 2.80. The lowest BCUT2D eigenvalue weighted by Crippen LogP contribution is -1.90. The van der Waals surface area contributed by atoms with Gasteiger partial charge in [-0.1, -0.05) is 6.08 Å². The van der Waals surface area contributed by atoms with Gasteiger partial charge in [-0.05, 0) is 25.1 Å². The van der Waals surface area contributed by atoms with Crippen molar-refractivity contribution in [3.63, 3.8) is 0 Å². The van der Waals surface area contributed by atoms with Gasteiger partial charge in [0, 0.05) is 0 Å². The summed E-state index contributed by atoms with van der Waals surface area (Å²) in [5.74, 6) is 1.17. The second kappa shape index (κ2) is 4.09. The quantitative estimate of drug-likeness (QED) is 0.712. The number of aliphatic hydroxyl groups excluding tert-OH is 2. The molecule has 0 fully saturated rings. The Hall–Kier alpha value is -1.06. The summed E-state index contributed by atoms with van der Waals surface area (Å²) in [7, 11) is 0. The molecule has 1 aromatic heterocycles. The molecule has 0 spiro atoms. The highest BCUT2D eigenvalue weighted by Crippen LogP contribution is 2.09. The fourth-order valence-electron chi connectivity index (χ4n) is 0.803. The molecule has 0 aliphatic heterocycles. The molecule has 0 saturated carbocycles. The third kappa shape index (κ3) is 2.53. The topological polar surface area (TPSA) is 53.6 Å². The molecule has 1 rings (SSSR count). The molecular formula is C9H12O3. The molecular weight excluding hydrogens is 156 g/mol. The van der Waals surface area contributed by atoms with Crippen molar-refractivity contribution in [2.24, 2.45) is 0 Å². The molecule has 0 aliphatic rings. The Labute approximate surface area is 70.9 Å². The minimum atomic E-state index is -0.479. The molecule has 0 bridgehead atoms. The molecule has 66 valence electrons. The highest BCUT2D eigenvalue weighted by atomic mass is 16.4. The highest BCUT2D eigenvalue weighted by Gasteiger charge is 1.96. The smallest absolute Gasteiger partial charge is 0.130 e. The van der Waals surface area contributed by atoms with Gasteiger partial charge < -0.3 is 14.6 Å². The molecule has 0 aromatic carbocycles. The zero-order chi connectivity index (χ0) is 8.97. The third-order valence-corrected chi connectivity index (χ3v) is 1.38. The highest BCUT2D eigenvalue weighted by molar-refractivity contribution is 5.43. The Morgan fingerprint density at radius 2 is 2.33 bits per heavy atom. The van der Waals surface area contributed by atoms with E-state index in [0.717, 1.165) is 0 Å². The Kier molecular flexibility index (Phi) is 3.08. The molecule has 0 amide bonds. The van der Waals surface area contributed by atoms with Crippen molar-refractivity contribution < 1.29 is 14.6 Å². The molecule has 0 saturated heterocycles. The van der Waals surface area contributed by atoms with Crippen LogP contribution >= 0.6 is 0 Å². The lowest BCUT2D eigenvalue weighted by molar-refractivity contribution is 0.243. The molecule has 0 radical (unpaired) electrons. The zero-order valence-electron chi connectivity index (χ0n) is 6.90. The summed E-state index contributed by atoms with van der Waals surface area (Å²) in [4.78, 5) is 0. The molecule has 1 unspecified atom stereocenters. The maximum atomic E-state index is 8.90. The predicted octanol–water partition coefficient (Wildman–Crippen LogP) is 1.17. The normalized spacial score (nSPS) is 13.9. The number of hydrogen-bond donors (Lipinski definition) is 2. The van der Waals surface area contributed by atoms with Gasteiger partial charge in [0.1, 0.15) is 18.1 Å². The summed E-state index contributed by atoms with van der Waals surface area (Å²) >= 11 is 0. The molecule has 0 aliphatic carbocycles. The third-order valence-electron chi connectivity index (χ3n) is 1.38. The van der Waals surface area contributed by atoms with Crippen molar-refractivity contribution >= 4 is 6.08 Å². The average molecular weight is 168 g/mol. The van der Waals surface area contributed by atoms with E-state index in [1.54, 1.807) is 31.2 Å². The van der Waals surface area contributed by atoms with Crippen LogP contribution in [0.2, 0.25) is 0 Å². The molecule has 1 aromatic rings. The molecule has 1 atom stereocenters. The van der Waals surface area contributed by atoms with Crippen LogP contribution in [0.4, 0.5) is 0 Å².